The molecule has 0 bridgehead atoms. The highest BCUT2D eigenvalue weighted by Gasteiger charge is 2.07. The van der Waals surface area contributed by atoms with Gasteiger partial charge in [-0.2, -0.15) is 11.3 Å². The van der Waals surface area contributed by atoms with E-state index >= 15 is 0 Å². The molecule has 1 atom stereocenters. The van der Waals surface area contributed by atoms with Gasteiger partial charge in [0.2, 0.25) is 0 Å². The summed E-state index contributed by atoms with van der Waals surface area (Å²) < 4.78 is 0. The molecule has 1 aromatic heterocycles. The first kappa shape index (κ1) is 13.6. The standard InChI is InChI=1S/C14H16ClNOS/c1-10-8-18-9-12(10)6-16-7-14(17)11-2-4-13(15)5-3-11/h2-5,8-9,14,16-17H,6-7H2,1H3. The first-order valence-electron chi connectivity index (χ1n) is 5.82. The van der Waals surface area contributed by atoms with E-state index < -0.39 is 6.10 Å². The Bertz CT molecular complexity index is 495. The Labute approximate surface area is 116 Å². The number of benzene rings is 1. The third-order valence-electron chi connectivity index (χ3n) is 2.87. The molecule has 0 aliphatic heterocycles. The molecule has 2 rings (SSSR count). The molecule has 0 aliphatic carbocycles. The van der Waals surface area contributed by atoms with Crippen LogP contribution < -0.4 is 5.32 Å². The summed E-state index contributed by atoms with van der Waals surface area (Å²) in [6.45, 7) is 3.43. The highest BCUT2D eigenvalue weighted by molar-refractivity contribution is 7.08. The van der Waals surface area contributed by atoms with Crippen LogP contribution in [0.4, 0.5) is 0 Å². The van der Waals surface area contributed by atoms with Gasteiger partial charge in [-0.25, -0.2) is 0 Å². The van der Waals surface area contributed by atoms with Crippen LogP contribution in [0, 0.1) is 6.92 Å². The minimum absolute atomic E-state index is 0.499. The third-order valence-corrected chi connectivity index (χ3v) is 4.03. The zero-order valence-corrected chi connectivity index (χ0v) is 11.8. The number of aryl methyl sites for hydroxylation is 1. The summed E-state index contributed by atoms with van der Waals surface area (Å²) in [6.07, 6.45) is -0.499. The van der Waals surface area contributed by atoms with Crippen molar-refractivity contribution in [3.63, 3.8) is 0 Å². The second-order valence-corrected chi connectivity index (χ2v) is 5.46. The Morgan fingerprint density at radius 2 is 2.00 bits per heavy atom. The van der Waals surface area contributed by atoms with Gasteiger partial charge in [-0.1, -0.05) is 23.7 Å². The molecule has 2 N–H and O–H groups in total. The number of thiophene rings is 1. The molecular formula is C14H16ClNOS. The van der Waals surface area contributed by atoms with Crippen LogP contribution in [0.1, 0.15) is 22.8 Å². The second kappa shape index (κ2) is 6.34. The van der Waals surface area contributed by atoms with E-state index in [-0.39, 0.29) is 0 Å². The fourth-order valence-electron chi connectivity index (χ4n) is 1.71. The third kappa shape index (κ3) is 3.56. The molecule has 18 heavy (non-hydrogen) atoms. The van der Waals surface area contributed by atoms with Crippen molar-refractivity contribution in [2.75, 3.05) is 6.54 Å². The fourth-order valence-corrected chi connectivity index (χ4v) is 2.70. The minimum atomic E-state index is -0.499. The van der Waals surface area contributed by atoms with Gasteiger partial charge in [-0.05, 0) is 46.5 Å². The highest BCUT2D eigenvalue weighted by Crippen LogP contribution is 2.17. The predicted octanol–water partition coefficient (Wildman–Crippen LogP) is 3.53. The monoisotopic (exact) mass is 281 g/mol. The topological polar surface area (TPSA) is 32.3 Å². The van der Waals surface area contributed by atoms with Gasteiger partial charge in [0.25, 0.3) is 0 Å². The number of halogens is 1. The maximum absolute atomic E-state index is 10.0. The van der Waals surface area contributed by atoms with Crippen molar-refractivity contribution in [3.8, 4) is 0 Å². The van der Waals surface area contributed by atoms with Crippen LogP contribution in [0.25, 0.3) is 0 Å². The van der Waals surface area contributed by atoms with E-state index in [0.29, 0.717) is 11.6 Å². The van der Waals surface area contributed by atoms with Gasteiger partial charge in [-0.15, -0.1) is 0 Å². The average molecular weight is 282 g/mol. The Balaban J connectivity index is 1.83. The number of aliphatic hydroxyl groups is 1. The van der Waals surface area contributed by atoms with Crippen molar-refractivity contribution >= 4 is 22.9 Å². The summed E-state index contributed by atoms with van der Waals surface area (Å²) in [5.74, 6) is 0. The molecule has 0 amide bonds. The number of rotatable bonds is 5. The summed E-state index contributed by atoms with van der Waals surface area (Å²) in [5.41, 5.74) is 3.48. The largest absolute Gasteiger partial charge is 0.387 e. The van der Waals surface area contributed by atoms with Crippen molar-refractivity contribution in [3.05, 3.63) is 56.7 Å². The molecule has 2 nitrogen and oxygen atoms in total. The number of hydrogen-bond acceptors (Lipinski definition) is 3. The lowest BCUT2D eigenvalue weighted by Gasteiger charge is -2.12. The Morgan fingerprint density at radius 3 is 2.61 bits per heavy atom. The van der Waals surface area contributed by atoms with Gasteiger partial charge in [0, 0.05) is 18.1 Å². The predicted molar refractivity (Wildman–Crippen MR) is 77.2 cm³/mol. The van der Waals surface area contributed by atoms with Gasteiger partial charge < -0.3 is 10.4 Å². The van der Waals surface area contributed by atoms with Crippen molar-refractivity contribution < 1.29 is 5.11 Å². The summed E-state index contributed by atoms with van der Waals surface area (Å²) in [7, 11) is 0. The molecule has 1 aromatic carbocycles. The molecule has 0 spiro atoms. The Kier molecular flexibility index (Phi) is 4.78. The maximum atomic E-state index is 10.0. The quantitative estimate of drug-likeness (QED) is 0.879. The molecule has 0 radical (unpaired) electrons. The average Bonchev–Trinajstić information content (AvgIpc) is 2.76. The normalized spacial score (nSPS) is 12.6. The van der Waals surface area contributed by atoms with E-state index in [1.807, 2.05) is 12.1 Å². The van der Waals surface area contributed by atoms with Crippen LogP contribution in [0.2, 0.25) is 5.02 Å². The van der Waals surface area contributed by atoms with E-state index in [0.717, 1.165) is 12.1 Å². The maximum Gasteiger partial charge on any atom is 0.0914 e. The molecule has 4 heteroatoms. The van der Waals surface area contributed by atoms with Gasteiger partial charge in [0.1, 0.15) is 0 Å². The fraction of sp³-hybridized carbons (Fsp3) is 0.286. The SMILES string of the molecule is Cc1cscc1CNCC(O)c1ccc(Cl)cc1. The first-order chi connectivity index (χ1) is 8.66. The van der Waals surface area contributed by atoms with E-state index in [2.05, 4.69) is 23.0 Å². The van der Waals surface area contributed by atoms with E-state index in [4.69, 9.17) is 11.6 Å². The minimum Gasteiger partial charge on any atom is -0.387 e. The summed E-state index contributed by atoms with van der Waals surface area (Å²) in [4.78, 5) is 0. The molecule has 0 fully saturated rings. The van der Waals surface area contributed by atoms with Crippen LogP contribution in [-0.4, -0.2) is 11.7 Å². The van der Waals surface area contributed by atoms with Crippen molar-refractivity contribution in [1.29, 1.82) is 0 Å². The molecule has 0 saturated heterocycles. The Morgan fingerprint density at radius 1 is 1.28 bits per heavy atom. The molecule has 1 unspecified atom stereocenters. The number of nitrogens with one attached hydrogen (secondary N) is 1. The van der Waals surface area contributed by atoms with E-state index in [1.165, 1.54) is 11.1 Å². The van der Waals surface area contributed by atoms with E-state index in [1.54, 1.807) is 23.5 Å². The van der Waals surface area contributed by atoms with Crippen molar-refractivity contribution in [1.82, 2.24) is 5.32 Å². The van der Waals surface area contributed by atoms with Crippen LogP contribution in [0.3, 0.4) is 0 Å². The Hall–Kier alpha value is -0.870. The number of aliphatic hydroxyl groups excluding tert-OH is 1. The summed E-state index contributed by atoms with van der Waals surface area (Å²) in [5, 5.41) is 18.2. The first-order valence-corrected chi connectivity index (χ1v) is 7.15. The lowest BCUT2D eigenvalue weighted by atomic mass is 10.1. The van der Waals surface area contributed by atoms with Crippen LogP contribution in [0.15, 0.2) is 35.0 Å². The second-order valence-electron chi connectivity index (χ2n) is 4.28. The molecular weight excluding hydrogens is 266 g/mol. The van der Waals surface area contributed by atoms with Gasteiger partial charge >= 0.3 is 0 Å². The molecule has 96 valence electrons. The molecule has 1 heterocycles. The highest BCUT2D eigenvalue weighted by atomic mass is 35.5. The van der Waals surface area contributed by atoms with Crippen molar-refractivity contribution in [2.24, 2.45) is 0 Å². The smallest absolute Gasteiger partial charge is 0.0914 e. The number of hydrogen-bond donors (Lipinski definition) is 2. The molecule has 2 aromatic rings. The summed E-state index contributed by atoms with van der Waals surface area (Å²) >= 11 is 7.52. The lowest BCUT2D eigenvalue weighted by Crippen LogP contribution is -2.21. The molecule has 0 aliphatic rings. The van der Waals surface area contributed by atoms with Crippen molar-refractivity contribution in [2.45, 2.75) is 19.6 Å². The van der Waals surface area contributed by atoms with Crippen LogP contribution in [-0.2, 0) is 6.54 Å². The van der Waals surface area contributed by atoms with Gasteiger partial charge in [0.15, 0.2) is 0 Å². The lowest BCUT2D eigenvalue weighted by molar-refractivity contribution is 0.174. The molecule has 0 saturated carbocycles. The van der Waals surface area contributed by atoms with Gasteiger partial charge in [0.05, 0.1) is 6.10 Å². The zero-order chi connectivity index (χ0) is 13.0. The zero-order valence-electron chi connectivity index (χ0n) is 10.2. The van der Waals surface area contributed by atoms with Crippen LogP contribution >= 0.6 is 22.9 Å². The van der Waals surface area contributed by atoms with E-state index in [9.17, 15) is 5.11 Å². The van der Waals surface area contributed by atoms with Gasteiger partial charge in [-0.3, -0.25) is 0 Å². The summed E-state index contributed by atoms with van der Waals surface area (Å²) in [6, 6.07) is 7.29. The van der Waals surface area contributed by atoms with Crippen LogP contribution in [0.5, 0.6) is 0 Å².